The second-order valence-electron chi connectivity index (χ2n) is 37.4. The van der Waals surface area contributed by atoms with E-state index in [2.05, 4.69) is 18.7 Å². The van der Waals surface area contributed by atoms with E-state index in [0.717, 1.165) is 73.7 Å². The fourth-order valence-corrected chi connectivity index (χ4v) is 20.3. The van der Waals surface area contributed by atoms with E-state index in [0.29, 0.717) is 103 Å². The van der Waals surface area contributed by atoms with Crippen LogP contribution in [-0.2, 0) is 67.3 Å². The van der Waals surface area contributed by atoms with E-state index in [-0.39, 0.29) is 152 Å². The van der Waals surface area contributed by atoms with E-state index in [1.54, 1.807) is 36.2 Å². The van der Waals surface area contributed by atoms with E-state index >= 15 is 0 Å². The van der Waals surface area contributed by atoms with Crippen molar-refractivity contribution in [3.8, 4) is 69.0 Å². The predicted molar refractivity (Wildman–Crippen MR) is 555 cm³/mol. The Hall–Kier alpha value is -9.30. The highest BCUT2D eigenvalue weighted by atomic mass is 16.5. The molecular weight excluding hydrogens is 1780 g/mol. The van der Waals surface area contributed by atoms with E-state index in [1.165, 1.54) is 60.4 Å². The van der Waals surface area contributed by atoms with Gasteiger partial charge in [-0.25, -0.2) is 0 Å². The highest BCUT2D eigenvalue weighted by Gasteiger charge is 2.47. The number of ketones is 6. The predicted octanol–water partition coefficient (Wildman–Crippen LogP) is 20.6. The summed E-state index contributed by atoms with van der Waals surface area (Å²) in [6, 6.07) is 12.0. The first-order valence-electron chi connectivity index (χ1n) is 76.9. The Labute approximate surface area is 926 Å². The van der Waals surface area contributed by atoms with Crippen molar-refractivity contribution in [2.75, 3.05) is 163 Å². The molecule has 12 aliphatic rings. The van der Waals surface area contributed by atoms with Crippen LogP contribution < -0.4 is 56.8 Å². The third-order valence-corrected chi connectivity index (χ3v) is 27.2. The minimum atomic E-state index is -3.76. The van der Waals surface area contributed by atoms with Crippen LogP contribution in [0.2, 0.25) is 0 Å². The summed E-state index contributed by atoms with van der Waals surface area (Å²) in [7, 11) is -17.1. The number of hydrogen-bond acceptors (Lipinski definition) is 24. The zero-order chi connectivity index (χ0) is 153. The molecule has 0 bridgehead atoms. The molecule has 6 saturated heterocycles. The molecular formula is C117H168N6O18. The lowest BCUT2D eigenvalue weighted by Crippen LogP contribution is -2.46. The Kier molecular flexibility index (Phi) is 19.2. The topological polar surface area (TPSA) is 233 Å². The van der Waals surface area contributed by atoms with Crippen molar-refractivity contribution in [1.82, 2.24) is 29.4 Å². The Morgan fingerprint density at radius 1 is 0.298 bits per heavy atom. The average molecular weight is 2010 g/mol. The van der Waals surface area contributed by atoms with E-state index < -0.39 is 271 Å². The quantitative estimate of drug-likeness (QED) is 0.0466. The molecule has 774 valence electrons. The van der Waals surface area contributed by atoms with Gasteiger partial charge >= 0.3 is 0 Å². The van der Waals surface area contributed by atoms with Crippen molar-refractivity contribution in [3.05, 3.63) is 140 Å². The summed E-state index contributed by atoms with van der Waals surface area (Å²) in [4.78, 5) is 89.7. The van der Waals surface area contributed by atoms with Crippen LogP contribution in [-0.4, -0.2) is 227 Å². The first-order valence-corrected chi connectivity index (χ1v) is 46.9. The van der Waals surface area contributed by atoms with Gasteiger partial charge < -0.3 is 56.8 Å². The molecule has 18 rings (SSSR count). The van der Waals surface area contributed by atoms with Crippen LogP contribution in [0.4, 0.5) is 0 Å². The van der Waals surface area contributed by atoms with Crippen LogP contribution in [0.15, 0.2) is 72.8 Å². The van der Waals surface area contributed by atoms with Crippen molar-refractivity contribution in [2.24, 2.45) is 70.8 Å². The Morgan fingerprint density at radius 2 is 0.518 bits per heavy atom. The minimum Gasteiger partial charge on any atom is -0.493 e. The normalized spacial score (nSPS) is 36.7. The molecule has 6 aromatic rings. The zero-order valence-corrected chi connectivity index (χ0v) is 81.6. The molecule has 0 aromatic heterocycles. The summed E-state index contributed by atoms with van der Waals surface area (Å²) in [5.74, 6) is -26.8. The van der Waals surface area contributed by atoms with Crippen molar-refractivity contribution < 1.29 is 168 Å². The zero-order valence-electron chi connectivity index (χ0n) is 142. The molecule has 15 atom stereocenters. The Morgan fingerprint density at radius 3 is 0.773 bits per heavy atom. The smallest absolute Gasteiger partial charge is 0.161 e. The third-order valence-electron chi connectivity index (χ3n) is 27.2. The van der Waals surface area contributed by atoms with Crippen molar-refractivity contribution >= 4 is 34.7 Å². The largest absolute Gasteiger partial charge is 0.493 e. The summed E-state index contributed by atoms with van der Waals surface area (Å²) in [6.07, 6.45) is -26.1. The molecule has 0 spiro atoms. The number of ether oxygens (including phenoxy) is 12. The van der Waals surface area contributed by atoms with Gasteiger partial charge in [0.05, 0.1) is 118 Å². The molecule has 0 aliphatic carbocycles. The fourth-order valence-electron chi connectivity index (χ4n) is 20.3. The minimum absolute atomic E-state index is 0.000481. The van der Waals surface area contributed by atoms with Crippen LogP contribution in [0, 0.1) is 70.8 Å². The third kappa shape index (κ3) is 25.6. The number of carbonyl (C=O) groups is 6. The molecule has 24 heteroatoms. The molecule has 0 amide bonds. The molecule has 141 heavy (non-hydrogen) atoms. The molecule has 0 saturated carbocycles. The van der Waals surface area contributed by atoms with Gasteiger partial charge in [-0.3, -0.25) is 58.2 Å². The van der Waals surface area contributed by atoms with Gasteiger partial charge in [-0.05, 0) is 252 Å². The van der Waals surface area contributed by atoms with Gasteiger partial charge in [-0.1, -0.05) is 102 Å². The monoisotopic (exact) mass is 2010 g/mol. The molecule has 6 fully saturated rings. The summed E-state index contributed by atoms with van der Waals surface area (Å²) < 4.78 is 538. The van der Waals surface area contributed by atoms with Gasteiger partial charge in [0.1, 0.15) is 34.7 Å². The van der Waals surface area contributed by atoms with Crippen LogP contribution in [0.3, 0.4) is 0 Å². The lowest BCUT2D eigenvalue weighted by molar-refractivity contribution is -0.130. The fraction of sp³-hybridized carbons (Fsp3) is 0.641. The van der Waals surface area contributed by atoms with E-state index in [9.17, 15) is 28.8 Å². The number of piperidine rings is 6. The number of benzene rings is 6. The van der Waals surface area contributed by atoms with Crippen molar-refractivity contribution in [2.45, 2.75) is 253 Å². The van der Waals surface area contributed by atoms with Crippen LogP contribution in [0.5, 0.6) is 69.0 Å². The second-order valence-corrected chi connectivity index (χ2v) is 37.4. The molecule has 12 heterocycles. The van der Waals surface area contributed by atoms with Gasteiger partial charge in [0, 0.05) is 238 Å². The molecule has 24 nitrogen and oxygen atoms in total. The number of rotatable bonds is 27. The summed E-state index contributed by atoms with van der Waals surface area (Å²) in [5, 5.41) is 0. The second kappa shape index (κ2) is 50.0. The molecule has 0 radical (unpaired) electrons. The highest BCUT2D eigenvalue weighted by Crippen LogP contribution is 2.51. The summed E-state index contributed by atoms with van der Waals surface area (Å²) >= 11 is 0. The maximum Gasteiger partial charge on any atom is 0.161 e. The standard InChI is InChI=1S/3C20H29NO3.3C19H27NO3/c3*1-5-13(2)8-15-12-21-7-6-14-9-19(23-3)20(24-4)10-16(14)17(21)11-18(15)22;3*1-12(2)7-14-11-20-6-5-13-8-18(22-3)19(23-4)9-15(13)16(20)10-17(14)21/h3*9-10,13,15,17H,5-8,11-12H2,1-4H3;3*8-9,12,14,16H,5-7,10-11H2,1-4H3/i2D3,3D3,4D3,5D2,8D2,11D2,13D,15D;2D3,3D3,5D2,8D2,11D2,13D,15D;2D3,3D3,4D3,5D2,8D2,13D;3D3,4D3,10D2,14D;10D2,14D;3D3. The maximum atomic E-state index is 13.7. The Bertz CT molecular complexity index is 8000. The molecule has 6 aromatic carbocycles. The van der Waals surface area contributed by atoms with Gasteiger partial charge in [0.25, 0.3) is 0 Å². The lowest BCUT2D eigenvalue weighted by atomic mass is 9.79. The number of methoxy groups -OCH3 is 12. The van der Waals surface area contributed by atoms with E-state index in [4.69, 9.17) is 139 Å². The number of nitrogens with zero attached hydrogens (tertiary/aromatic N) is 6. The number of hydrogen-bond donors (Lipinski definition) is 0. The number of fused-ring (bicyclic) bond motifs is 18. The van der Waals surface area contributed by atoms with Crippen LogP contribution in [0.25, 0.3) is 0 Å². The number of carbonyl (C=O) groups excluding carboxylic acids is 6. The maximum absolute atomic E-state index is 13.7. The number of Topliss-reactive ketones (excluding diaryl/α,β-unsaturated/α-hetero) is 6. The lowest BCUT2D eigenvalue weighted by Gasteiger charge is -2.43. The van der Waals surface area contributed by atoms with Crippen LogP contribution >= 0.6 is 0 Å². The SMILES string of the molecule is [2H]C([2H])([2H])Oc1cc2c(cc1OC([2H])([2H])[2H])C1CC(=O)C(C([2H])([2H])C([2H])(C([2H])([2H])[2H])C([2H])([2H])C)CN1CC2.[2H]C([2H])([2H])Oc1cc2c(cc1OC([2H])([2H])[2H])C1N(CC2)CC([2H])(C([2H])([2H])C([2H])(C([2H])([2H])[2H])C([2H])([2H])C)C(=O)C1([2H])[2H].[2H]C([2H])([2H])Oc1cc2c(cc1OC([2H])([2H])[2H])C1N(CC2)CC([2H])(CC(C)C)C(=O)C1([2H])[2H].[2H]C([2H])([2H])Oc1cc2c(cc1OC)C1CC(=O)C(CC(C)C)CN1CC2.[2H]C([2H])([2H])Oc1cc2c(cc1OC)C1N(CC2)CC([2H])(C([2H])([2H])C([2H])(C([2H])([2H])[2H])C([2H])([2H])C)C(=O)C1([2H])[2H].[2H]C1(CC(C)C)CN2CCc3cc(OC)c(OC)cc3C2C([2H])([2H])C1=O. The van der Waals surface area contributed by atoms with Crippen molar-refractivity contribution in [1.29, 1.82) is 0 Å². The van der Waals surface area contributed by atoms with Gasteiger partial charge in [0.2, 0.25) is 0 Å². The van der Waals surface area contributed by atoms with Gasteiger partial charge in [-0.2, -0.15) is 0 Å². The van der Waals surface area contributed by atoms with Gasteiger partial charge in [0.15, 0.2) is 69.0 Å². The molecule has 0 N–H and O–H groups in total. The first kappa shape index (κ1) is 54.2. The van der Waals surface area contributed by atoms with Crippen molar-refractivity contribution in [3.63, 3.8) is 0 Å². The van der Waals surface area contributed by atoms with Crippen LogP contribution in [0.1, 0.15) is 364 Å². The molecule has 15 unspecified atom stereocenters. The van der Waals surface area contributed by atoms with E-state index in [1.807, 2.05) is 44.7 Å². The Balaban J connectivity index is 0.000000195. The highest BCUT2D eigenvalue weighted by molar-refractivity contribution is 5.86. The summed E-state index contributed by atoms with van der Waals surface area (Å²) in [5.41, 5.74) is 6.59. The first-order chi connectivity index (χ1) is 90.5. The average Bonchev–Trinajstić information content (AvgIpc) is 0.676. The summed E-state index contributed by atoms with van der Waals surface area (Å²) in [6.45, 7) is 4.45. The molecule has 12 aliphatic heterocycles. The van der Waals surface area contributed by atoms with Gasteiger partial charge in [-0.15, -0.1) is 0 Å².